The van der Waals surface area contributed by atoms with Crippen LogP contribution in [0.25, 0.3) is 0 Å². The predicted octanol–water partition coefficient (Wildman–Crippen LogP) is 3.62. The van der Waals surface area contributed by atoms with Crippen LogP contribution in [0.15, 0.2) is 24.3 Å². The van der Waals surface area contributed by atoms with Gasteiger partial charge in [0.2, 0.25) is 0 Å². The third-order valence-corrected chi connectivity index (χ3v) is 3.54. The van der Waals surface area contributed by atoms with E-state index in [1.54, 1.807) is 0 Å². The van der Waals surface area contributed by atoms with Gasteiger partial charge in [0.15, 0.2) is 0 Å². The number of nitrogens with zero attached hydrogens (tertiary/aromatic N) is 2. The van der Waals surface area contributed by atoms with Crippen LogP contribution in [0, 0.1) is 6.92 Å². The first-order valence-corrected chi connectivity index (χ1v) is 6.76. The van der Waals surface area contributed by atoms with Crippen molar-refractivity contribution in [2.45, 2.75) is 33.4 Å². The fourth-order valence-corrected chi connectivity index (χ4v) is 2.38. The summed E-state index contributed by atoms with van der Waals surface area (Å²) in [6.45, 7) is 6.78. The maximum Gasteiger partial charge on any atom is 0.148 e. The highest BCUT2D eigenvalue weighted by atomic mass is 35.5. The van der Waals surface area contributed by atoms with Gasteiger partial charge in [0.05, 0.1) is 17.4 Å². The molecular weight excluding hydrogens is 260 g/mol. The van der Waals surface area contributed by atoms with E-state index >= 15 is 0 Å². The molecule has 4 nitrogen and oxygen atoms in total. The van der Waals surface area contributed by atoms with Gasteiger partial charge >= 0.3 is 0 Å². The van der Waals surface area contributed by atoms with Gasteiger partial charge in [-0.1, -0.05) is 29.8 Å². The van der Waals surface area contributed by atoms with E-state index in [-0.39, 0.29) is 6.04 Å². The van der Waals surface area contributed by atoms with Crippen molar-refractivity contribution < 1.29 is 0 Å². The van der Waals surface area contributed by atoms with Gasteiger partial charge < -0.3 is 11.1 Å². The summed E-state index contributed by atoms with van der Waals surface area (Å²) in [5.41, 5.74) is 8.65. The number of benzene rings is 1. The largest absolute Gasteiger partial charge is 0.394 e. The first kappa shape index (κ1) is 13.7. The number of aryl methyl sites for hydroxylation is 2. The normalized spacial score (nSPS) is 12.4. The van der Waals surface area contributed by atoms with Crippen LogP contribution in [0.1, 0.15) is 31.1 Å². The average molecular weight is 279 g/mol. The minimum atomic E-state index is 0.0670. The van der Waals surface area contributed by atoms with Crippen molar-refractivity contribution in [2.24, 2.45) is 0 Å². The number of aromatic nitrogens is 2. The molecule has 3 N–H and O–H groups in total. The van der Waals surface area contributed by atoms with Crippen LogP contribution >= 0.6 is 11.6 Å². The lowest BCUT2D eigenvalue weighted by Crippen LogP contribution is -2.12. The lowest BCUT2D eigenvalue weighted by atomic mass is 10.1. The van der Waals surface area contributed by atoms with Crippen LogP contribution in [0.4, 0.5) is 11.5 Å². The monoisotopic (exact) mass is 278 g/mol. The predicted molar refractivity (Wildman–Crippen MR) is 80.5 cm³/mol. The summed E-state index contributed by atoms with van der Waals surface area (Å²) in [4.78, 5) is 0. The minimum absolute atomic E-state index is 0.0670. The molecule has 5 heteroatoms. The second-order valence-corrected chi connectivity index (χ2v) is 4.96. The number of hydrogen-bond donors (Lipinski definition) is 2. The standard InChI is InChI=1S/C14H19ClN4/c1-4-19-14(13(16)10(3)18-19)17-9(2)11-7-5-6-8-12(11)15/h5-9,17H,4,16H2,1-3H3. The molecule has 1 unspecified atom stereocenters. The first-order chi connectivity index (χ1) is 9.04. The van der Waals surface area contributed by atoms with Crippen LogP contribution < -0.4 is 11.1 Å². The van der Waals surface area contributed by atoms with Crippen molar-refractivity contribution in [1.29, 1.82) is 0 Å². The Balaban J connectivity index is 2.29. The molecule has 0 saturated heterocycles. The molecule has 1 atom stereocenters. The molecule has 0 aliphatic rings. The van der Waals surface area contributed by atoms with E-state index < -0.39 is 0 Å². The molecule has 2 rings (SSSR count). The maximum absolute atomic E-state index is 6.21. The smallest absolute Gasteiger partial charge is 0.148 e. The molecule has 0 radical (unpaired) electrons. The number of anilines is 2. The SMILES string of the molecule is CCn1nc(C)c(N)c1NC(C)c1ccccc1Cl. The highest BCUT2D eigenvalue weighted by Crippen LogP contribution is 2.29. The Kier molecular flexibility index (Phi) is 4.00. The third-order valence-electron chi connectivity index (χ3n) is 3.20. The van der Waals surface area contributed by atoms with Gasteiger partial charge in [0.1, 0.15) is 5.82 Å². The fraction of sp³-hybridized carbons (Fsp3) is 0.357. The topological polar surface area (TPSA) is 55.9 Å². The molecular formula is C14H19ClN4. The average Bonchev–Trinajstić information content (AvgIpc) is 2.67. The number of halogens is 1. The van der Waals surface area contributed by atoms with Crippen molar-refractivity contribution in [3.63, 3.8) is 0 Å². The molecule has 0 amide bonds. The van der Waals surface area contributed by atoms with Gasteiger partial charge in [-0.15, -0.1) is 0 Å². The third kappa shape index (κ3) is 2.68. The Hall–Kier alpha value is -1.68. The zero-order valence-corrected chi connectivity index (χ0v) is 12.2. The van der Waals surface area contributed by atoms with E-state index in [1.807, 2.05) is 42.8 Å². The Labute approximate surface area is 118 Å². The Bertz CT molecular complexity index is 577. The Morgan fingerprint density at radius 2 is 2.11 bits per heavy atom. The van der Waals surface area contributed by atoms with Crippen molar-refractivity contribution in [2.75, 3.05) is 11.1 Å². The fourth-order valence-electron chi connectivity index (χ4n) is 2.09. The number of nitrogens with one attached hydrogen (secondary N) is 1. The van der Waals surface area contributed by atoms with Crippen molar-refractivity contribution in [3.8, 4) is 0 Å². The second-order valence-electron chi connectivity index (χ2n) is 4.55. The van der Waals surface area contributed by atoms with E-state index in [9.17, 15) is 0 Å². The minimum Gasteiger partial charge on any atom is -0.394 e. The molecule has 0 aliphatic carbocycles. The van der Waals surface area contributed by atoms with Gasteiger partial charge in [-0.25, -0.2) is 4.68 Å². The lowest BCUT2D eigenvalue weighted by molar-refractivity contribution is 0.651. The van der Waals surface area contributed by atoms with Crippen molar-refractivity contribution in [3.05, 3.63) is 40.5 Å². The summed E-state index contributed by atoms with van der Waals surface area (Å²) in [7, 11) is 0. The number of rotatable bonds is 4. The molecule has 19 heavy (non-hydrogen) atoms. The van der Waals surface area contributed by atoms with Crippen LogP contribution in [0.5, 0.6) is 0 Å². The summed E-state index contributed by atoms with van der Waals surface area (Å²) in [6.07, 6.45) is 0. The molecule has 0 spiro atoms. The molecule has 1 heterocycles. The highest BCUT2D eigenvalue weighted by Gasteiger charge is 2.15. The Morgan fingerprint density at radius 1 is 1.42 bits per heavy atom. The Morgan fingerprint density at radius 3 is 2.74 bits per heavy atom. The maximum atomic E-state index is 6.21. The molecule has 102 valence electrons. The van der Waals surface area contributed by atoms with Gasteiger partial charge in [0, 0.05) is 11.6 Å². The number of nitrogens with two attached hydrogens (primary N) is 1. The van der Waals surface area contributed by atoms with E-state index in [0.29, 0.717) is 5.69 Å². The van der Waals surface area contributed by atoms with Crippen LogP contribution in [0.2, 0.25) is 5.02 Å². The molecule has 1 aromatic heterocycles. The zero-order valence-electron chi connectivity index (χ0n) is 11.4. The molecule has 2 aromatic rings. The lowest BCUT2D eigenvalue weighted by Gasteiger charge is -2.18. The molecule has 0 fully saturated rings. The highest BCUT2D eigenvalue weighted by molar-refractivity contribution is 6.31. The summed E-state index contributed by atoms with van der Waals surface area (Å²) in [5.74, 6) is 0.854. The van der Waals surface area contributed by atoms with Gasteiger partial charge in [0.25, 0.3) is 0 Å². The van der Waals surface area contributed by atoms with E-state index in [4.69, 9.17) is 17.3 Å². The van der Waals surface area contributed by atoms with Gasteiger partial charge in [-0.3, -0.25) is 0 Å². The molecule has 1 aromatic carbocycles. The van der Waals surface area contributed by atoms with Crippen LogP contribution in [0.3, 0.4) is 0 Å². The van der Waals surface area contributed by atoms with Gasteiger partial charge in [-0.2, -0.15) is 5.10 Å². The van der Waals surface area contributed by atoms with E-state index in [0.717, 1.165) is 28.6 Å². The molecule has 0 saturated carbocycles. The molecule has 0 bridgehead atoms. The van der Waals surface area contributed by atoms with Gasteiger partial charge in [-0.05, 0) is 32.4 Å². The van der Waals surface area contributed by atoms with Crippen molar-refractivity contribution in [1.82, 2.24) is 9.78 Å². The number of hydrogen-bond acceptors (Lipinski definition) is 3. The summed E-state index contributed by atoms with van der Waals surface area (Å²) >= 11 is 6.21. The van der Waals surface area contributed by atoms with Crippen LogP contribution in [-0.2, 0) is 6.54 Å². The quantitative estimate of drug-likeness (QED) is 0.898. The van der Waals surface area contributed by atoms with E-state index in [2.05, 4.69) is 17.3 Å². The second kappa shape index (κ2) is 5.53. The number of nitrogen functional groups attached to an aromatic ring is 1. The van der Waals surface area contributed by atoms with Crippen molar-refractivity contribution >= 4 is 23.1 Å². The van der Waals surface area contributed by atoms with Crippen LogP contribution in [-0.4, -0.2) is 9.78 Å². The summed E-state index contributed by atoms with van der Waals surface area (Å²) < 4.78 is 1.87. The summed E-state index contributed by atoms with van der Waals surface area (Å²) in [5, 5.41) is 8.54. The van der Waals surface area contributed by atoms with E-state index in [1.165, 1.54) is 0 Å². The molecule has 0 aliphatic heterocycles. The zero-order chi connectivity index (χ0) is 14.0. The summed E-state index contributed by atoms with van der Waals surface area (Å²) in [6, 6.07) is 7.87. The first-order valence-electron chi connectivity index (χ1n) is 6.38.